The van der Waals surface area contributed by atoms with Crippen LogP contribution in [0.5, 0.6) is 17.2 Å². The standard InChI is InChI=1S/C33H34N4O12/c1-14-28(39)20(35-36(34)16-6-4-7-17(10-16)37(45)46)11-23(48-14)49-22-13-33(44,15(2)38)12-19-25(22)32(43)27-26(30(19)41)29(40)18-8-5-9-21(47-3)24(18)31(27)42/h4-10,14,20,22-23,28,35,39,41,43-44H,11-13,34H2,1-3H3/t14?,20?,22-,23?,28?,33-/m0/s1. The van der Waals surface area contributed by atoms with Gasteiger partial charge in [-0.2, -0.15) is 0 Å². The van der Waals surface area contributed by atoms with Gasteiger partial charge in [0.1, 0.15) is 22.8 Å². The quantitative estimate of drug-likeness (QED) is 0.0674. The Kier molecular flexibility index (Phi) is 8.64. The molecule has 0 radical (unpaired) electrons. The van der Waals surface area contributed by atoms with Crippen LogP contribution >= 0.6 is 0 Å². The summed E-state index contributed by atoms with van der Waals surface area (Å²) in [6.07, 6.45) is -5.59. The van der Waals surface area contributed by atoms with Gasteiger partial charge < -0.3 is 34.6 Å². The number of carbonyl (C=O) groups excluding carboxylic acids is 3. The highest BCUT2D eigenvalue weighted by molar-refractivity contribution is 6.31. The molecule has 0 saturated carbocycles. The van der Waals surface area contributed by atoms with Crippen molar-refractivity contribution in [2.24, 2.45) is 5.84 Å². The maximum absolute atomic E-state index is 13.9. The highest BCUT2D eigenvalue weighted by atomic mass is 16.7. The normalized spacial score (nSPS) is 26.0. The number of carbonyl (C=O) groups is 3. The van der Waals surface area contributed by atoms with E-state index in [1.807, 2.05) is 0 Å². The van der Waals surface area contributed by atoms with Gasteiger partial charge in [-0.25, -0.2) is 16.4 Å². The fourth-order valence-corrected chi connectivity index (χ4v) is 6.76. The molecule has 258 valence electrons. The number of hydrogen-bond acceptors (Lipinski definition) is 15. The number of anilines is 1. The number of nitrogens with one attached hydrogen (secondary N) is 1. The van der Waals surface area contributed by atoms with Crippen molar-refractivity contribution in [3.63, 3.8) is 0 Å². The molecule has 0 spiro atoms. The van der Waals surface area contributed by atoms with Crippen molar-refractivity contribution < 1.29 is 53.9 Å². The first-order valence-corrected chi connectivity index (χ1v) is 15.3. The summed E-state index contributed by atoms with van der Waals surface area (Å²) in [6, 6.07) is 8.98. The van der Waals surface area contributed by atoms with Crippen molar-refractivity contribution in [3.05, 3.63) is 86.0 Å². The summed E-state index contributed by atoms with van der Waals surface area (Å²) in [5, 5.41) is 57.9. The zero-order chi connectivity index (χ0) is 35.5. The van der Waals surface area contributed by atoms with E-state index in [0.717, 1.165) is 12.0 Å². The van der Waals surface area contributed by atoms with Crippen LogP contribution in [0.25, 0.3) is 0 Å². The lowest BCUT2D eigenvalue weighted by atomic mass is 9.72. The third kappa shape index (κ3) is 5.67. The Bertz CT molecular complexity index is 1900. The third-order valence-corrected chi connectivity index (χ3v) is 9.38. The van der Waals surface area contributed by atoms with Gasteiger partial charge in [0, 0.05) is 48.1 Å². The number of nitrogens with two attached hydrogens (primary N) is 1. The fraction of sp³-hybridized carbons (Fsp3) is 0.364. The second-order valence-corrected chi connectivity index (χ2v) is 12.4. The SMILES string of the molecule is COc1cccc2c1C(=O)c1c(O)c3c(c(O)c1C2=O)C[C@@](O)(C(C)=O)C[C@@H]3OC1CC(NN(N)c2cccc([N+](=O)[O-])c2)C(O)C(C)O1. The number of nitro groups is 1. The number of nitro benzene ring substituents is 1. The maximum atomic E-state index is 13.9. The zero-order valence-electron chi connectivity index (χ0n) is 26.6. The Hall–Kier alpha value is -4.97. The first-order chi connectivity index (χ1) is 23.2. The molecule has 1 aliphatic heterocycles. The van der Waals surface area contributed by atoms with E-state index in [9.17, 15) is 44.9 Å². The lowest BCUT2D eigenvalue weighted by molar-refractivity contribution is -0.384. The highest BCUT2D eigenvalue weighted by Gasteiger charge is 2.49. The van der Waals surface area contributed by atoms with Crippen LogP contribution in [0.1, 0.15) is 75.8 Å². The van der Waals surface area contributed by atoms with E-state index in [4.69, 9.17) is 20.1 Å². The van der Waals surface area contributed by atoms with Crippen LogP contribution in [0.15, 0.2) is 42.5 Å². The molecule has 1 heterocycles. The van der Waals surface area contributed by atoms with E-state index in [0.29, 0.717) is 0 Å². The summed E-state index contributed by atoms with van der Waals surface area (Å²) in [7, 11) is 1.32. The van der Waals surface area contributed by atoms with Gasteiger partial charge >= 0.3 is 0 Å². The highest BCUT2D eigenvalue weighted by Crippen LogP contribution is 2.52. The summed E-state index contributed by atoms with van der Waals surface area (Å²) in [5.41, 5.74) is -0.613. The van der Waals surface area contributed by atoms with Crippen LogP contribution in [-0.2, 0) is 20.7 Å². The third-order valence-electron chi connectivity index (χ3n) is 9.38. The number of hydrazine groups is 2. The maximum Gasteiger partial charge on any atom is 0.271 e. The molecule has 49 heavy (non-hydrogen) atoms. The topological polar surface area (TPSA) is 244 Å². The van der Waals surface area contributed by atoms with Crippen LogP contribution < -0.4 is 21.1 Å². The van der Waals surface area contributed by atoms with Crippen LogP contribution in [0, 0.1) is 10.1 Å². The molecular formula is C33H34N4O12. The first kappa shape index (κ1) is 33.9. The van der Waals surface area contributed by atoms with Gasteiger partial charge in [0.15, 0.2) is 17.9 Å². The number of Topliss-reactive ketones (excluding diaryl/α,β-unsaturated/α-hetero) is 1. The van der Waals surface area contributed by atoms with Crippen LogP contribution in [0.4, 0.5) is 11.4 Å². The molecule has 2 aliphatic carbocycles. The van der Waals surface area contributed by atoms with Crippen molar-refractivity contribution in [1.29, 1.82) is 0 Å². The Morgan fingerprint density at radius 2 is 1.82 bits per heavy atom. The number of hydrogen-bond donors (Lipinski definition) is 6. The van der Waals surface area contributed by atoms with Gasteiger partial charge in [-0.3, -0.25) is 24.5 Å². The molecule has 3 aromatic carbocycles. The molecular weight excluding hydrogens is 644 g/mol. The lowest BCUT2D eigenvalue weighted by Crippen LogP contribution is -2.60. The fourth-order valence-electron chi connectivity index (χ4n) is 6.76. The minimum absolute atomic E-state index is 0.0577. The van der Waals surface area contributed by atoms with Crippen molar-refractivity contribution in [2.75, 3.05) is 12.2 Å². The predicted molar refractivity (Wildman–Crippen MR) is 169 cm³/mol. The molecule has 1 saturated heterocycles. The molecule has 1 fully saturated rings. The Morgan fingerprint density at radius 3 is 2.49 bits per heavy atom. The largest absolute Gasteiger partial charge is 0.507 e. The molecule has 16 nitrogen and oxygen atoms in total. The Labute approximate surface area is 278 Å². The summed E-state index contributed by atoms with van der Waals surface area (Å²) < 4.78 is 17.5. The van der Waals surface area contributed by atoms with E-state index in [1.165, 1.54) is 49.6 Å². The molecule has 6 atom stereocenters. The van der Waals surface area contributed by atoms with Crippen molar-refractivity contribution in [3.8, 4) is 17.2 Å². The zero-order valence-corrected chi connectivity index (χ0v) is 26.6. The number of fused-ring (bicyclic) bond motifs is 3. The number of phenolic OH excluding ortho intramolecular Hbond substituents is 2. The average molecular weight is 679 g/mol. The number of ketones is 3. The molecule has 3 aliphatic rings. The number of aromatic hydroxyl groups is 2. The van der Waals surface area contributed by atoms with Gasteiger partial charge in [0.25, 0.3) is 5.69 Å². The Morgan fingerprint density at radius 1 is 1.12 bits per heavy atom. The van der Waals surface area contributed by atoms with Crippen LogP contribution in [-0.4, -0.2) is 79.9 Å². The molecule has 16 heteroatoms. The molecule has 0 amide bonds. The van der Waals surface area contributed by atoms with Gasteiger partial charge in [-0.05, 0) is 26.0 Å². The van der Waals surface area contributed by atoms with E-state index in [2.05, 4.69) is 5.43 Å². The van der Waals surface area contributed by atoms with Gasteiger partial charge in [0.2, 0.25) is 5.78 Å². The van der Waals surface area contributed by atoms with Gasteiger partial charge in [-0.15, -0.1) is 0 Å². The number of ether oxygens (including phenoxy) is 3. The lowest BCUT2D eigenvalue weighted by Gasteiger charge is -2.43. The number of rotatable bonds is 8. The molecule has 0 bridgehead atoms. The summed E-state index contributed by atoms with van der Waals surface area (Å²) >= 11 is 0. The molecule has 7 N–H and O–H groups in total. The molecule has 3 aromatic rings. The average Bonchev–Trinajstić information content (AvgIpc) is 3.06. The molecule has 6 rings (SSSR count). The van der Waals surface area contributed by atoms with Crippen molar-refractivity contribution >= 4 is 28.7 Å². The number of benzene rings is 3. The minimum Gasteiger partial charge on any atom is -0.507 e. The number of nitrogens with zero attached hydrogens (tertiary/aromatic N) is 2. The summed E-state index contributed by atoms with van der Waals surface area (Å²) in [5.74, 6) is 2.64. The van der Waals surface area contributed by atoms with Crippen LogP contribution in [0.2, 0.25) is 0 Å². The van der Waals surface area contributed by atoms with Gasteiger partial charge in [0.05, 0.1) is 58.8 Å². The van der Waals surface area contributed by atoms with Crippen LogP contribution in [0.3, 0.4) is 0 Å². The van der Waals surface area contributed by atoms with E-state index >= 15 is 0 Å². The van der Waals surface area contributed by atoms with E-state index < -0.39 is 94.0 Å². The summed E-state index contributed by atoms with van der Waals surface area (Å²) in [4.78, 5) is 51.0. The number of aliphatic hydroxyl groups is 2. The molecule has 0 aromatic heterocycles. The predicted octanol–water partition coefficient (Wildman–Crippen LogP) is 1.86. The van der Waals surface area contributed by atoms with E-state index in [-0.39, 0.29) is 45.8 Å². The van der Waals surface area contributed by atoms with Crippen molar-refractivity contribution in [1.82, 2.24) is 5.43 Å². The number of non-ortho nitro benzene ring substituents is 1. The Balaban J connectivity index is 1.37. The smallest absolute Gasteiger partial charge is 0.271 e. The number of phenols is 2. The minimum atomic E-state index is -2.10. The molecule has 4 unspecified atom stereocenters. The number of methoxy groups -OCH3 is 1. The summed E-state index contributed by atoms with van der Waals surface area (Å²) in [6.45, 7) is 2.70. The van der Waals surface area contributed by atoms with E-state index in [1.54, 1.807) is 6.92 Å². The van der Waals surface area contributed by atoms with Gasteiger partial charge in [-0.1, -0.05) is 18.2 Å². The monoisotopic (exact) mass is 678 g/mol. The second-order valence-electron chi connectivity index (χ2n) is 12.4. The second kappa shape index (κ2) is 12.5. The van der Waals surface area contributed by atoms with Crippen molar-refractivity contribution in [2.45, 2.75) is 69.4 Å². The first-order valence-electron chi connectivity index (χ1n) is 15.3. The number of aliphatic hydroxyl groups excluding tert-OH is 1.